The van der Waals surface area contributed by atoms with Crippen LogP contribution >= 0.6 is 0 Å². The zero-order chi connectivity index (χ0) is 19.1. The summed E-state index contributed by atoms with van der Waals surface area (Å²) in [4.78, 5) is 0. The van der Waals surface area contributed by atoms with Crippen molar-refractivity contribution < 1.29 is 0 Å². The highest BCUT2D eigenvalue weighted by Crippen LogP contribution is 2.43. The Balaban J connectivity index is 4.58. The van der Waals surface area contributed by atoms with Crippen LogP contribution in [0.2, 0.25) is 0 Å². The molecule has 0 aromatic rings. The van der Waals surface area contributed by atoms with Crippen LogP contribution in [0.25, 0.3) is 0 Å². The molecule has 0 heterocycles. The van der Waals surface area contributed by atoms with E-state index in [0.717, 1.165) is 31.2 Å². The van der Waals surface area contributed by atoms with Gasteiger partial charge in [0.05, 0.1) is 0 Å². The normalized spacial score (nSPS) is 14.1. The molecule has 0 saturated carbocycles. The largest absolute Gasteiger partial charge is 0.389 e. The lowest BCUT2D eigenvalue weighted by atomic mass is 9.67. The van der Waals surface area contributed by atoms with Crippen LogP contribution in [0.1, 0.15) is 88.0 Å². The summed E-state index contributed by atoms with van der Waals surface area (Å²) in [6.07, 6.45) is 4.70. The van der Waals surface area contributed by atoms with Crippen LogP contribution in [0.4, 0.5) is 0 Å². The fourth-order valence-corrected chi connectivity index (χ4v) is 4.14. The van der Waals surface area contributed by atoms with Crippen LogP contribution in [0.5, 0.6) is 0 Å². The van der Waals surface area contributed by atoms with Gasteiger partial charge in [0.15, 0.2) is 0 Å². The maximum atomic E-state index is 4.35. The Hall–Kier alpha value is -0.720. The van der Waals surface area contributed by atoms with Crippen molar-refractivity contribution >= 4 is 0 Å². The highest BCUT2D eigenvalue weighted by molar-refractivity contribution is 5.11. The molecule has 0 amide bonds. The summed E-state index contributed by atoms with van der Waals surface area (Å²) in [6, 6.07) is 0. The summed E-state index contributed by atoms with van der Waals surface area (Å²) in [5, 5.41) is 3.62. The van der Waals surface area contributed by atoms with Gasteiger partial charge >= 0.3 is 0 Å². The second-order valence-electron chi connectivity index (χ2n) is 9.97. The van der Waals surface area contributed by atoms with Gasteiger partial charge < -0.3 is 5.32 Å². The second kappa shape index (κ2) is 9.68. The van der Waals surface area contributed by atoms with Crippen molar-refractivity contribution in [3.8, 4) is 0 Å². The number of nitrogens with one attached hydrogen (secondary N) is 1. The Morgan fingerprint density at radius 3 is 1.96 bits per heavy atom. The fourth-order valence-electron chi connectivity index (χ4n) is 4.14. The first-order chi connectivity index (χ1) is 10.8. The molecular formula is C23H45N. The molecule has 0 bridgehead atoms. The highest BCUT2D eigenvalue weighted by Gasteiger charge is 2.32. The molecule has 0 aliphatic rings. The Labute approximate surface area is 153 Å². The van der Waals surface area contributed by atoms with Crippen molar-refractivity contribution in [1.29, 1.82) is 0 Å². The van der Waals surface area contributed by atoms with Gasteiger partial charge in [0.1, 0.15) is 0 Å². The Morgan fingerprint density at radius 2 is 1.54 bits per heavy atom. The van der Waals surface area contributed by atoms with E-state index in [4.69, 9.17) is 0 Å². The maximum Gasteiger partial charge on any atom is 0.0172 e. The first-order valence-corrected chi connectivity index (χ1v) is 9.91. The van der Waals surface area contributed by atoms with Gasteiger partial charge in [0.25, 0.3) is 0 Å². The van der Waals surface area contributed by atoms with Gasteiger partial charge in [0, 0.05) is 12.2 Å². The van der Waals surface area contributed by atoms with Gasteiger partial charge in [-0.1, -0.05) is 87.5 Å². The molecule has 0 radical (unpaired) electrons. The number of hydrogen-bond donors (Lipinski definition) is 1. The first-order valence-electron chi connectivity index (χ1n) is 9.91. The van der Waals surface area contributed by atoms with Gasteiger partial charge in [-0.3, -0.25) is 0 Å². The molecule has 0 aliphatic heterocycles. The first kappa shape index (κ1) is 23.3. The number of hydrogen-bond acceptors (Lipinski definition) is 1. The summed E-state index contributed by atoms with van der Waals surface area (Å²) in [5.74, 6) is 2.06. The number of rotatable bonds is 12. The van der Waals surface area contributed by atoms with Gasteiger partial charge in [-0.25, -0.2) is 0 Å². The summed E-state index contributed by atoms with van der Waals surface area (Å²) in [7, 11) is 0. The minimum atomic E-state index is 0.168. The van der Waals surface area contributed by atoms with Crippen molar-refractivity contribution in [2.75, 3.05) is 6.54 Å². The van der Waals surface area contributed by atoms with Gasteiger partial charge in [0.2, 0.25) is 0 Å². The number of allylic oxidation sites excluding steroid dienone is 2. The predicted molar refractivity (Wildman–Crippen MR) is 111 cm³/mol. The summed E-state index contributed by atoms with van der Waals surface area (Å²) >= 11 is 0. The molecule has 0 spiro atoms. The molecular weight excluding hydrogens is 290 g/mol. The lowest BCUT2D eigenvalue weighted by molar-refractivity contribution is 0.212. The van der Waals surface area contributed by atoms with E-state index in [1.54, 1.807) is 0 Å². The molecule has 24 heavy (non-hydrogen) atoms. The van der Waals surface area contributed by atoms with E-state index in [0.29, 0.717) is 5.92 Å². The lowest BCUT2D eigenvalue weighted by Crippen LogP contribution is -2.30. The van der Waals surface area contributed by atoms with Crippen LogP contribution in [0.15, 0.2) is 24.4 Å². The van der Waals surface area contributed by atoms with Crippen LogP contribution < -0.4 is 5.32 Å². The van der Waals surface area contributed by atoms with E-state index < -0.39 is 0 Å². The minimum absolute atomic E-state index is 0.168. The monoisotopic (exact) mass is 335 g/mol. The Kier molecular flexibility index (Phi) is 9.39. The van der Waals surface area contributed by atoms with E-state index in [2.05, 4.69) is 80.8 Å². The highest BCUT2D eigenvalue weighted by atomic mass is 14.9. The molecule has 0 fully saturated rings. The van der Waals surface area contributed by atoms with Gasteiger partial charge in [-0.05, 0) is 47.8 Å². The third-order valence-corrected chi connectivity index (χ3v) is 5.20. The average molecular weight is 336 g/mol. The quantitative estimate of drug-likeness (QED) is 0.372. The van der Waals surface area contributed by atoms with Crippen LogP contribution in [0.3, 0.4) is 0 Å². The minimum Gasteiger partial charge on any atom is -0.389 e. The van der Waals surface area contributed by atoms with Crippen molar-refractivity contribution in [2.45, 2.75) is 88.0 Å². The molecule has 142 valence electrons. The fraction of sp³-hybridized carbons (Fsp3) is 0.826. The summed E-state index contributed by atoms with van der Waals surface area (Å²) in [6.45, 7) is 30.5. The van der Waals surface area contributed by atoms with Gasteiger partial charge in [-0.15, -0.1) is 0 Å². The van der Waals surface area contributed by atoms with E-state index in [1.807, 2.05) is 0 Å². The summed E-state index contributed by atoms with van der Waals surface area (Å²) in [5.41, 5.74) is 2.94. The Morgan fingerprint density at radius 1 is 1.00 bits per heavy atom. The molecule has 1 nitrogen and oxygen atoms in total. The predicted octanol–water partition coefficient (Wildman–Crippen LogP) is 7.21. The van der Waals surface area contributed by atoms with E-state index in [1.165, 1.54) is 24.1 Å². The molecule has 0 aromatic carbocycles. The molecule has 1 unspecified atom stereocenters. The Bertz CT molecular complexity index is 398. The van der Waals surface area contributed by atoms with Crippen LogP contribution in [-0.4, -0.2) is 6.54 Å². The van der Waals surface area contributed by atoms with E-state index in [9.17, 15) is 0 Å². The second-order valence-corrected chi connectivity index (χ2v) is 9.97. The van der Waals surface area contributed by atoms with Crippen molar-refractivity contribution in [3.05, 3.63) is 24.4 Å². The average Bonchev–Trinajstić information content (AvgIpc) is 2.39. The van der Waals surface area contributed by atoms with Crippen molar-refractivity contribution in [3.63, 3.8) is 0 Å². The van der Waals surface area contributed by atoms with Crippen LogP contribution in [-0.2, 0) is 0 Å². The van der Waals surface area contributed by atoms with Crippen molar-refractivity contribution in [1.82, 2.24) is 5.32 Å². The third kappa shape index (κ3) is 8.94. The lowest BCUT2D eigenvalue weighted by Gasteiger charge is -2.38. The molecule has 0 aromatic heterocycles. The maximum absolute atomic E-state index is 4.35. The van der Waals surface area contributed by atoms with Gasteiger partial charge in [-0.2, -0.15) is 0 Å². The molecule has 0 rings (SSSR count). The third-order valence-electron chi connectivity index (χ3n) is 5.20. The smallest absolute Gasteiger partial charge is 0.0172 e. The zero-order valence-corrected chi connectivity index (χ0v) is 18.2. The molecule has 1 atom stereocenters. The summed E-state index contributed by atoms with van der Waals surface area (Å²) < 4.78 is 0. The van der Waals surface area contributed by atoms with Crippen LogP contribution in [0, 0.1) is 28.6 Å². The van der Waals surface area contributed by atoms with Crippen molar-refractivity contribution in [2.24, 2.45) is 28.6 Å². The zero-order valence-electron chi connectivity index (χ0n) is 18.2. The van der Waals surface area contributed by atoms with E-state index in [-0.39, 0.29) is 10.8 Å². The topological polar surface area (TPSA) is 12.0 Å². The standard InChI is InChI=1S/C23H45N/c1-12-21(13-17(2)3)15-24-19(6)14-22(8,9)16-23(10,11)20(7)18(4)5/h17-18,21,24H,6-7,12-16H2,1-5,8-11H3. The molecule has 1 N–H and O–H groups in total. The molecule has 1 heteroatoms. The molecule has 0 saturated heterocycles. The molecule has 0 aliphatic carbocycles. The van der Waals surface area contributed by atoms with E-state index >= 15 is 0 Å². The SMILES string of the molecule is C=C(CC(C)(C)CC(C)(C)C(=C)C(C)C)NCC(CC)CC(C)C.